The minimum Gasteiger partial charge on any atom is -0.394 e. The van der Waals surface area contributed by atoms with Gasteiger partial charge in [0.1, 0.15) is 73.2 Å². The Bertz CT molecular complexity index is 2400. The molecule has 3 heterocycles. The van der Waals surface area contributed by atoms with E-state index in [1.165, 1.54) is 77.0 Å². The highest BCUT2D eigenvalue weighted by Crippen LogP contribution is 2.33. The van der Waals surface area contributed by atoms with Crippen LogP contribution in [0.2, 0.25) is 0 Å². The Labute approximate surface area is 606 Å². The summed E-state index contributed by atoms with van der Waals surface area (Å²) in [6.07, 6.45) is 61.1. The highest BCUT2D eigenvalue weighted by atomic mass is 16.8. The number of nitrogens with one attached hydrogen (secondary N) is 1. The molecule has 19 heteroatoms. The maximum Gasteiger partial charge on any atom is 0.220 e. The second kappa shape index (κ2) is 60.9. The molecule has 3 saturated heterocycles. The number of hydrogen-bond donors (Lipinski definition) is 12. The molecule has 3 fully saturated rings. The first-order valence-electron chi connectivity index (χ1n) is 38.6. The van der Waals surface area contributed by atoms with Crippen LogP contribution in [0.4, 0.5) is 0 Å². The Balaban J connectivity index is 1.39. The molecule has 12 N–H and O–H groups in total. The van der Waals surface area contributed by atoms with Gasteiger partial charge >= 0.3 is 0 Å². The van der Waals surface area contributed by atoms with Gasteiger partial charge in [-0.05, 0) is 109 Å². The van der Waals surface area contributed by atoms with E-state index in [9.17, 15) is 61.0 Å². The predicted molar refractivity (Wildman–Crippen MR) is 401 cm³/mol. The number of aliphatic hydroxyl groups excluding tert-OH is 11. The molecular formula is C82H135NO18. The molecule has 3 rings (SSSR count). The monoisotopic (exact) mass is 1420 g/mol. The second-order valence-electron chi connectivity index (χ2n) is 26.7. The zero-order valence-electron chi connectivity index (χ0n) is 61.3. The van der Waals surface area contributed by atoms with Crippen molar-refractivity contribution < 1.29 is 89.4 Å². The molecule has 17 atom stereocenters. The van der Waals surface area contributed by atoms with Crippen LogP contribution in [0.5, 0.6) is 0 Å². The Hall–Kier alpha value is -4.33. The standard InChI is InChI=1S/C82H135NO18/c1-3-5-7-9-11-13-15-17-19-21-23-24-25-26-27-28-29-30-31-32-33-34-35-36-37-38-39-40-42-44-46-48-50-52-54-56-58-60-70(88)83-65(66(87)59-57-55-53-51-49-47-45-43-41-22-20-18-16-14-12-10-8-6-4-2)64-96-80-76(94)73(91)78(68(62-85)98-80)101-82-77(95)74(92)79(69(63-86)99-82)100-81-75(93)72(90)71(89)67(61-84)97-81/h5,7,11,13,17,19,23-24,26-27,29-30,32-33,35-36,38-39,42,44,49,51,57,59,65-69,71-82,84-87,89-95H,3-4,6,8-10,12,14-16,18,20-22,25,28,31,34,37,40-41,43,45-48,50,52-56,58,60-64H2,1-2H3,(H,83,88)/b7-5-,13-11-,19-17-,24-23-,27-26-,30-29-,33-32-,36-35-,39-38-,44-42-,51-49+,59-57+. The lowest BCUT2D eigenvalue weighted by Gasteiger charge is -2.48. The molecule has 1 amide bonds. The summed E-state index contributed by atoms with van der Waals surface area (Å²) in [5.41, 5.74) is 0. The third-order valence-electron chi connectivity index (χ3n) is 18.1. The number of rotatable bonds is 58. The number of amides is 1. The molecule has 19 nitrogen and oxygen atoms in total. The van der Waals surface area contributed by atoms with Crippen LogP contribution in [0.3, 0.4) is 0 Å². The summed E-state index contributed by atoms with van der Waals surface area (Å²) in [7, 11) is 0. The fourth-order valence-electron chi connectivity index (χ4n) is 11.9. The van der Waals surface area contributed by atoms with Crippen LogP contribution in [0, 0.1) is 0 Å². The molecule has 0 aliphatic carbocycles. The van der Waals surface area contributed by atoms with Gasteiger partial charge in [0.05, 0.1) is 38.6 Å². The van der Waals surface area contributed by atoms with Crippen molar-refractivity contribution in [2.75, 3.05) is 26.4 Å². The molecule has 0 spiro atoms. The third kappa shape index (κ3) is 41.2. The number of aliphatic hydroxyl groups is 11. The van der Waals surface area contributed by atoms with Crippen LogP contribution in [-0.4, -0.2) is 193 Å². The quantitative estimate of drug-likeness (QED) is 0.0199. The summed E-state index contributed by atoms with van der Waals surface area (Å²) in [4.78, 5) is 13.4. The summed E-state index contributed by atoms with van der Waals surface area (Å²) >= 11 is 0. The fraction of sp³-hybridized carbons (Fsp3) is 0.695. The van der Waals surface area contributed by atoms with Crippen molar-refractivity contribution in [1.82, 2.24) is 5.32 Å². The Morgan fingerprint density at radius 2 is 0.693 bits per heavy atom. The van der Waals surface area contributed by atoms with Gasteiger partial charge in [0, 0.05) is 6.42 Å². The lowest BCUT2D eigenvalue weighted by molar-refractivity contribution is -0.379. The van der Waals surface area contributed by atoms with Crippen LogP contribution in [0.1, 0.15) is 232 Å². The van der Waals surface area contributed by atoms with Gasteiger partial charge in [-0.3, -0.25) is 4.79 Å². The largest absolute Gasteiger partial charge is 0.394 e. The van der Waals surface area contributed by atoms with Crippen molar-refractivity contribution in [2.45, 2.75) is 336 Å². The van der Waals surface area contributed by atoms with E-state index in [1.807, 2.05) is 6.08 Å². The molecule has 3 aliphatic rings. The molecular weight excluding hydrogens is 1290 g/mol. The van der Waals surface area contributed by atoms with Crippen LogP contribution < -0.4 is 5.32 Å². The van der Waals surface area contributed by atoms with Gasteiger partial charge in [0.25, 0.3) is 0 Å². The van der Waals surface area contributed by atoms with E-state index in [1.54, 1.807) is 6.08 Å². The first-order valence-corrected chi connectivity index (χ1v) is 38.6. The number of unbranched alkanes of at least 4 members (excludes halogenated alkanes) is 20. The summed E-state index contributed by atoms with van der Waals surface area (Å²) in [5.74, 6) is -0.306. The zero-order chi connectivity index (χ0) is 73.2. The lowest BCUT2D eigenvalue weighted by Crippen LogP contribution is -2.66. The van der Waals surface area contributed by atoms with Crippen molar-refractivity contribution >= 4 is 5.91 Å². The summed E-state index contributed by atoms with van der Waals surface area (Å²) < 4.78 is 34.4. The van der Waals surface area contributed by atoms with Gasteiger partial charge in [-0.15, -0.1) is 0 Å². The smallest absolute Gasteiger partial charge is 0.220 e. The molecule has 0 saturated carbocycles. The van der Waals surface area contributed by atoms with E-state index < -0.39 is 124 Å². The topological polar surface area (TPSA) is 307 Å². The number of allylic oxidation sites excluding steroid dienone is 23. The van der Waals surface area contributed by atoms with E-state index in [-0.39, 0.29) is 18.9 Å². The molecule has 576 valence electrons. The van der Waals surface area contributed by atoms with Crippen molar-refractivity contribution in [3.63, 3.8) is 0 Å². The molecule has 0 radical (unpaired) electrons. The van der Waals surface area contributed by atoms with Gasteiger partial charge in [0.15, 0.2) is 18.9 Å². The predicted octanol–water partition coefficient (Wildman–Crippen LogP) is 12.3. The van der Waals surface area contributed by atoms with Gasteiger partial charge in [-0.25, -0.2) is 0 Å². The van der Waals surface area contributed by atoms with E-state index in [4.69, 9.17) is 28.4 Å². The van der Waals surface area contributed by atoms with Crippen LogP contribution in [0.15, 0.2) is 146 Å². The molecule has 0 aromatic rings. The van der Waals surface area contributed by atoms with Crippen LogP contribution >= 0.6 is 0 Å². The third-order valence-corrected chi connectivity index (χ3v) is 18.1. The molecule has 3 aliphatic heterocycles. The number of carbonyl (C=O) groups is 1. The number of ether oxygens (including phenoxy) is 6. The highest BCUT2D eigenvalue weighted by molar-refractivity contribution is 5.76. The minimum absolute atomic E-state index is 0.209. The van der Waals surface area contributed by atoms with E-state index in [0.29, 0.717) is 12.8 Å². The van der Waals surface area contributed by atoms with Crippen molar-refractivity contribution in [1.29, 1.82) is 0 Å². The van der Waals surface area contributed by atoms with E-state index >= 15 is 0 Å². The average Bonchev–Trinajstić information content (AvgIpc) is 0.789. The van der Waals surface area contributed by atoms with E-state index in [0.717, 1.165) is 122 Å². The summed E-state index contributed by atoms with van der Waals surface area (Å²) in [6, 6.07) is -1.01. The number of carbonyl (C=O) groups excluding carboxylic acids is 1. The Kier molecular flexibility index (Phi) is 54.8. The van der Waals surface area contributed by atoms with E-state index in [2.05, 4.69) is 153 Å². The Morgan fingerprint density at radius 3 is 1.11 bits per heavy atom. The first kappa shape index (κ1) is 90.9. The normalized spacial score (nSPS) is 27.2. The molecule has 0 aromatic heterocycles. The van der Waals surface area contributed by atoms with Crippen molar-refractivity contribution in [3.05, 3.63) is 146 Å². The molecule has 101 heavy (non-hydrogen) atoms. The fourth-order valence-corrected chi connectivity index (χ4v) is 11.9. The van der Waals surface area contributed by atoms with Gasteiger partial charge in [-0.1, -0.05) is 262 Å². The van der Waals surface area contributed by atoms with Gasteiger partial charge in [-0.2, -0.15) is 0 Å². The Morgan fingerprint density at radius 1 is 0.366 bits per heavy atom. The minimum atomic E-state index is -1.99. The van der Waals surface area contributed by atoms with Crippen molar-refractivity contribution in [3.8, 4) is 0 Å². The molecule has 0 bridgehead atoms. The van der Waals surface area contributed by atoms with Crippen LogP contribution in [0.25, 0.3) is 0 Å². The molecule has 0 aromatic carbocycles. The maximum atomic E-state index is 13.4. The zero-order valence-corrected chi connectivity index (χ0v) is 61.3. The maximum absolute atomic E-state index is 13.4. The average molecular weight is 1420 g/mol. The lowest BCUT2D eigenvalue weighted by atomic mass is 9.96. The summed E-state index contributed by atoms with van der Waals surface area (Å²) in [6.45, 7) is 1.58. The molecule has 17 unspecified atom stereocenters. The van der Waals surface area contributed by atoms with Crippen LogP contribution in [-0.2, 0) is 33.2 Å². The second-order valence-corrected chi connectivity index (χ2v) is 26.7. The number of hydrogen-bond acceptors (Lipinski definition) is 18. The van der Waals surface area contributed by atoms with Crippen molar-refractivity contribution in [2.24, 2.45) is 0 Å². The SMILES string of the molecule is CC/C=C\C/C=C\C/C=C\C/C=C\C/C=C\C/C=C\C/C=C\C/C=C\C/C=C\C/C=C\CCCCCCCCC(=O)NC(COC1OC(CO)C(OC2OC(CO)C(OC3OC(CO)C(O)C(O)C3O)C(O)C2O)C(O)C1O)C(O)/C=C/CC/C=C/CCCCCCCCCCCCCCC. The van der Waals surface area contributed by atoms with Gasteiger partial charge < -0.3 is 89.9 Å². The summed E-state index contributed by atoms with van der Waals surface area (Å²) in [5, 5.41) is 121. The van der Waals surface area contributed by atoms with Gasteiger partial charge in [0.2, 0.25) is 5.91 Å². The highest BCUT2D eigenvalue weighted by Gasteiger charge is 2.53. The first-order chi connectivity index (χ1) is 49.3.